The lowest BCUT2D eigenvalue weighted by atomic mass is 10.1. The van der Waals surface area contributed by atoms with Crippen LogP contribution in [0, 0.1) is 17.5 Å². The van der Waals surface area contributed by atoms with E-state index in [9.17, 15) is 19.1 Å². The lowest BCUT2D eigenvalue weighted by molar-refractivity contribution is 0.0417. The van der Waals surface area contributed by atoms with E-state index in [1.165, 1.54) is 17.0 Å². The fraction of sp³-hybridized carbons (Fsp3) is 0.273. The fourth-order valence-corrected chi connectivity index (χ4v) is 3.93. The predicted molar refractivity (Wildman–Crippen MR) is 112 cm³/mol. The van der Waals surface area contributed by atoms with E-state index in [0.29, 0.717) is 6.54 Å². The van der Waals surface area contributed by atoms with Crippen LogP contribution in [-0.4, -0.2) is 55.0 Å². The maximum atomic E-state index is 15.8. The average Bonchev–Trinajstić information content (AvgIpc) is 2.75. The highest BCUT2D eigenvalue weighted by Crippen LogP contribution is 2.32. The molecule has 0 aliphatic carbocycles. The normalized spacial score (nSPS) is 16.5. The molecule has 1 unspecified atom stereocenters. The molecule has 0 bridgehead atoms. The summed E-state index contributed by atoms with van der Waals surface area (Å²) in [7, 11) is 1.74. The monoisotopic (exact) mass is 447 g/mol. The quantitative estimate of drug-likeness (QED) is 0.626. The number of rotatable bonds is 5. The first-order valence-corrected chi connectivity index (χ1v) is 9.89. The number of benzene rings is 2. The molecule has 0 saturated carbocycles. The van der Waals surface area contributed by atoms with Crippen LogP contribution in [0.2, 0.25) is 0 Å². The van der Waals surface area contributed by atoms with Crippen LogP contribution in [-0.2, 0) is 4.74 Å². The van der Waals surface area contributed by atoms with Gasteiger partial charge in [-0.25, -0.2) is 18.0 Å². The van der Waals surface area contributed by atoms with Gasteiger partial charge in [0.05, 0.1) is 23.6 Å². The van der Waals surface area contributed by atoms with Crippen molar-refractivity contribution in [2.75, 3.05) is 38.2 Å². The zero-order valence-electron chi connectivity index (χ0n) is 17.1. The summed E-state index contributed by atoms with van der Waals surface area (Å²) < 4.78 is 51.1. The number of hydrogen-bond donors (Lipinski definition) is 2. The lowest BCUT2D eigenvalue weighted by Gasteiger charge is -2.35. The maximum Gasteiger partial charge on any atom is 0.341 e. The average molecular weight is 447 g/mol. The molecule has 1 aliphatic heterocycles. The van der Waals surface area contributed by atoms with Crippen LogP contribution in [0.1, 0.15) is 10.4 Å². The smallest absolute Gasteiger partial charge is 0.341 e. The van der Waals surface area contributed by atoms with Gasteiger partial charge in [0.15, 0.2) is 5.82 Å². The van der Waals surface area contributed by atoms with Gasteiger partial charge in [-0.2, -0.15) is 0 Å². The Labute approximate surface area is 180 Å². The third kappa shape index (κ3) is 3.82. The fourth-order valence-electron chi connectivity index (χ4n) is 3.93. The van der Waals surface area contributed by atoms with Gasteiger partial charge in [0, 0.05) is 31.5 Å². The first-order valence-electron chi connectivity index (χ1n) is 9.89. The Morgan fingerprint density at radius 1 is 1.25 bits per heavy atom. The van der Waals surface area contributed by atoms with E-state index < -0.39 is 39.8 Å². The summed E-state index contributed by atoms with van der Waals surface area (Å²) in [5.41, 5.74) is -2.08. The Morgan fingerprint density at radius 2 is 1.97 bits per heavy atom. The number of nitrogens with zero attached hydrogens (tertiary/aromatic N) is 2. The Hall–Kier alpha value is -3.37. The summed E-state index contributed by atoms with van der Waals surface area (Å²) >= 11 is 0. The SMILES string of the molecule is CNCC1CN(c2c(F)cc3c(=O)c(C(=O)O)cn(-c4ccc(F)cc4)c3c2F)CCO1. The number of carboxylic acid groups (broad SMARTS) is 1. The Bertz CT molecular complexity index is 1240. The van der Waals surface area contributed by atoms with E-state index in [-0.39, 0.29) is 42.7 Å². The van der Waals surface area contributed by atoms with Gasteiger partial charge in [-0.05, 0) is 37.4 Å². The van der Waals surface area contributed by atoms with Crippen molar-refractivity contribution in [1.29, 1.82) is 0 Å². The molecule has 0 spiro atoms. The Kier molecular flexibility index (Phi) is 5.90. The van der Waals surface area contributed by atoms with Crippen molar-refractivity contribution in [2.45, 2.75) is 6.10 Å². The lowest BCUT2D eigenvalue weighted by Crippen LogP contribution is -2.47. The molecule has 0 radical (unpaired) electrons. The highest BCUT2D eigenvalue weighted by Gasteiger charge is 2.28. The summed E-state index contributed by atoms with van der Waals surface area (Å²) in [6.07, 6.45) is 0.672. The number of hydrogen-bond acceptors (Lipinski definition) is 5. The molecule has 2 N–H and O–H groups in total. The Balaban J connectivity index is 1.99. The number of halogens is 3. The molecule has 7 nitrogen and oxygen atoms in total. The number of carbonyl (C=O) groups is 1. The molecule has 4 rings (SSSR count). The van der Waals surface area contributed by atoms with E-state index in [1.54, 1.807) is 7.05 Å². The van der Waals surface area contributed by atoms with Gasteiger partial charge in [0.2, 0.25) is 5.43 Å². The number of fused-ring (bicyclic) bond motifs is 1. The van der Waals surface area contributed by atoms with Crippen LogP contribution in [0.3, 0.4) is 0 Å². The van der Waals surface area contributed by atoms with Crippen molar-refractivity contribution >= 4 is 22.6 Å². The third-order valence-electron chi connectivity index (χ3n) is 5.38. The van der Waals surface area contributed by atoms with Gasteiger partial charge in [-0.1, -0.05) is 0 Å². The van der Waals surface area contributed by atoms with E-state index in [1.807, 2.05) is 0 Å². The highest BCUT2D eigenvalue weighted by molar-refractivity contribution is 5.94. The molecule has 10 heteroatoms. The zero-order chi connectivity index (χ0) is 23.0. The molecule has 3 aromatic rings. The maximum absolute atomic E-state index is 15.8. The van der Waals surface area contributed by atoms with Crippen molar-refractivity contribution in [1.82, 2.24) is 9.88 Å². The number of ether oxygens (including phenoxy) is 1. The van der Waals surface area contributed by atoms with Crippen molar-refractivity contribution in [3.8, 4) is 5.69 Å². The molecule has 1 fully saturated rings. The van der Waals surface area contributed by atoms with Gasteiger partial charge in [0.25, 0.3) is 0 Å². The summed E-state index contributed by atoms with van der Waals surface area (Å²) in [4.78, 5) is 25.8. The Morgan fingerprint density at radius 3 is 2.62 bits per heavy atom. The number of aromatic nitrogens is 1. The second kappa shape index (κ2) is 8.64. The molecular formula is C22H20F3N3O4. The minimum absolute atomic E-state index is 0.213. The molecular weight excluding hydrogens is 427 g/mol. The molecule has 2 heterocycles. The van der Waals surface area contributed by atoms with Crippen molar-refractivity contribution in [3.05, 3.63) is 69.8 Å². The topological polar surface area (TPSA) is 83.8 Å². The van der Waals surface area contributed by atoms with Crippen LogP contribution in [0.25, 0.3) is 16.6 Å². The molecule has 32 heavy (non-hydrogen) atoms. The third-order valence-corrected chi connectivity index (χ3v) is 5.38. The number of aromatic carboxylic acids is 1. The number of anilines is 1. The molecule has 2 aromatic carbocycles. The van der Waals surface area contributed by atoms with Gasteiger partial charge >= 0.3 is 5.97 Å². The first-order chi connectivity index (χ1) is 15.3. The molecule has 1 saturated heterocycles. The summed E-state index contributed by atoms with van der Waals surface area (Å²) in [6.45, 7) is 1.18. The van der Waals surface area contributed by atoms with E-state index in [2.05, 4.69) is 5.32 Å². The number of pyridine rings is 1. The summed E-state index contributed by atoms with van der Waals surface area (Å²) in [5, 5.41) is 12.0. The molecule has 168 valence electrons. The van der Waals surface area contributed by atoms with Crippen molar-refractivity contribution in [3.63, 3.8) is 0 Å². The van der Waals surface area contributed by atoms with Gasteiger partial charge in [-0.15, -0.1) is 0 Å². The molecule has 1 atom stereocenters. The molecule has 1 aromatic heterocycles. The summed E-state index contributed by atoms with van der Waals surface area (Å²) in [5.74, 6) is -4.08. The van der Waals surface area contributed by atoms with Gasteiger partial charge in [0.1, 0.15) is 22.9 Å². The zero-order valence-corrected chi connectivity index (χ0v) is 17.1. The second-order valence-electron chi connectivity index (χ2n) is 7.44. The van der Waals surface area contributed by atoms with Crippen LogP contribution < -0.4 is 15.6 Å². The minimum Gasteiger partial charge on any atom is -0.477 e. The van der Waals surface area contributed by atoms with Crippen LogP contribution in [0.15, 0.2) is 41.3 Å². The van der Waals surface area contributed by atoms with E-state index in [4.69, 9.17) is 4.74 Å². The van der Waals surface area contributed by atoms with Crippen molar-refractivity contribution in [2.24, 2.45) is 0 Å². The number of likely N-dealkylation sites (N-methyl/N-ethyl adjacent to an activating group) is 1. The second-order valence-corrected chi connectivity index (χ2v) is 7.44. The van der Waals surface area contributed by atoms with Crippen LogP contribution in [0.4, 0.5) is 18.9 Å². The first kappa shape index (κ1) is 21.8. The number of carboxylic acids is 1. The largest absolute Gasteiger partial charge is 0.477 e. The summed E-state index contributed by atoms with van der Waals surface area (Å²) in [6, 6.07) is 5.71. The number of morpholine rings is 1. The van der Waals surface area contributed by atoms with Crippen LogP contribution >= 0.6 is 0 Å². The van der Waals surface area contributed by atoms with Gasteiger partial charge < -0.3 is 24.6 Å². The van der Waals surface area contributed by atoms with Crippen molar-refractivity contribution < 1.29 is 27.8 Å². The molecule has 0 amide bonds. The number of nitrogens with one attached hydrogen (secondary N) is 1. The van der Waals surface area contributed by atoms with E-state index in [0.717, 1.165) is 29.0 Å². The minimum atomic E-state index is -1.54. The predicted octanol–water partition coefficient (Wildman–Crippen LogP) is 2.53. The molecule has 1 aliphatic rings. The van der Waals surface area contributed by atoms with Crippen LogP contribution in [0.5, 0.6) is 0 Å². The van der Waals surface area contributed by atoms with E-state index >= 15 is 8.78 Å². The highest BCUT2D eigenvalue weighted by atomic mass is 19.1. The standard InChI is InChI=1S/C22H20F3N3O4/c1-26-9-14-10-27(6-7-32-14)20-17(24)8-15-19(18(20)25)28(11-16(21(15)29)22(30)31)13-4-2-12(23)3-5-13/h2-5,8,11,14,26H,6-7,9-10H2,1H3,(H,30,31). The van der Waals surface area contributed by atoms with Gasteiger partial charge in [-0.3, -0.25) is 4.79 Å².